The summed E-state index contributed by atoms with van der Waals surface area (Å²) in [7, 11) is 1.79. The molecule has 2 N–H and O–H groups in total. The Labute approximate surface area is 133 Å². The lowest BCUT2D eigenvalue weighted by atomic mass is 9.96. The van der Waals surface area contributed by atoms with Crippen LogP contribution in [0.5, 0.6) is 0 Å². The summed E-state index contributed by atoms with van der Waals surface area (Å²) < 4.78 is 41.9. The molecule has 1 aliphatic heterocycles. The molecular formula is C18H19F3N2. The van der Waals surface area contributed by atoms with E-state index < -0.39 is 23.8 Å². The molecule has 1 fully saturated rings. The number of rotatable bonds is 3. The van der Waals surface area contributed by atoms with Gasteiger partial charge in [0.25, 0.3) is 0 Å². The molecule has 3 atom stereocenters. The molecule has 0 bridgehead atoms. The van der Waals surface area contributed by atoms with Crippen molar-refractivity contribution in [3.63, 3.8) is 0 Å². The average molecular weight is 320 g/mol. The summed E-state index contributed by atoms with van der Waals surface area (Å²) in [5.74, 6) is -0.814. The van der Waals surface area contributed by atoms with Gasteiger partial charge < -0.3 is 5.73 Å². The monoisotopic (exact) mass is 320 g/mol. The van der Waals surface area contributed by atoms with Crippen LogP contribution in [0.25, 0.3) is 11.1 Å². The van der Waals surface area contributed by atoms with Crippen LogP contribution in [0.4, 0.5) is 13.2 Å². The fraction of sp³-hybridized carbons (Fsp3) is 0.333. The van der Waals surface area contributed by atoms with Crippen LogP contribution in [0.1, 0.15) is 5.56 Å². The lowest BCUT2D eigenvalue weighted by Gasteiger charge is -2.23. The average Bonchev–Trinajstić information content (AvgIpc) is 2.75. The topological polar surface area (TPSA) is 29.3 Å². The number of hydrogen-bond acceptors (Lipinski definition) is 2. The second-order valence-corrected chi connectivity index (χ2v) is 6.09. The summed E-state index contributed by atoms with van der Waals surface area (Å²) in [6.45, 7) is 0.261. The Morgan fingerprint density at radius 3 is 2.57 bits per heavy atom. The van der Waals surface area contributed by atoms with Crippen LogP contribution < -0.4 is 5.73 Å². The number of likely N-dealkylation sites (N-methyl/N-ethyl adjacent to an activating group) is 1. The third kappa shape index (κ3) is 3.12. The maximum atomic E-state index is 14.8. The van der Waals surface area contributed by atoms with Crippen molar-refractivity contribution in [2.75, 3.05) is 13.6 Å². The van der Waals surface area contributed by atoms with Crippen LogP contribution in [0, 0.1) is 11.6 Å². The fourth-order valence-corrected chi connectivity index (χ4v) is 3.20. The molecule has 2 nitrogen and oxygen atoms in total. The molecule has 0 radical (unpaired) electrons. The Morgan fingerprint density at radius 2 is 1.91 bits per heavy atom. The first-order valence-corrected chi connectivity index (χ1v) is 7.60. The highest BCUT2D eigenvalue weighted by molar-refractivity contribution is 5.65. The van der Waals surface area contributed by atoms with Crippen LogP contribution in [-0.4, -0.2) is 36.7 Å². The summed E-state index contributed by atoms with van der Waals surface area (Å²) in [6.07, 6.45) is -0.771. The fourth-order valence-electron chi connectivity index (χ4n) is 3.20. The van der Waals surface area contributed by atoms with Gasteiger partial charge >= 0.3 is 0 Å². The van der Waals surface area contributed by atoms with Crippen molar-refractivity contribution in [3.8, 4) is 11.1 Å². The van der Waals surface area contributed by atoms with Gasteiger partial charge in [0.1, 0.15) is 17.8 Å². The lowest BCUT2D eigenvalue weighted by Crippen LogP contribution is -2.41. The molecule has 122 valence electrons. The van der Waals surface area contributed by atoms with Gasteiger partial charge in [0, 0.05) is 18.2 Å². The van der Waals surface area contributed by atoms with Crippen LogP contribution >= 0.6 is 0 Å². The third-order valence-corrected chi connectivity index (χ3v) is 4.53. The quantitative estimate of drug-likeness (QED) is 0.941. The number of nitrogens with zero attached hydrogens (tertiary/aromatic N) is 1. The molecule has 3 rings (SSSR count). The predicted octanol–water partition coefficient (Wildman–Crippen LogP) is 3.15. The highest BCUT2D eigenvalue weighted by Crippen LogP contribution is 2.28. The van der Waals surface area contributed by atoms with Gasteiger partial charge in [0.05, 0.1) is 6.04 Å². The van der Waals surface area contributed by atoms with E-state index in [0.29, 0.717) is 23.1 Å². The SMILES string of the molecule is CN1CC(F)C(N)C1Cc1cccc(-c2cccc(F)c2)c1F. The summed E-state index contributed by atoms with van der Waals surface area (Å²) >= 11 is 0. The molecule has 0 aromatic heterocycles. The summed E-state index contributed by atoms with van der Waals surface area (Å²) in [5.41, 5.74) is 7.18. The molecule has 2 aromatic carbocycles. The normalized spacial score (nSPS) is 25.0. The second kappa shape index (κ2) is 6.34. The van der Waals surface area contributed by atoms with Gasteiger partial charge in [0.15, 0.2) is 0 Å². The zero-order valence-corrected chi connectivity index (χ0v) is 12.8. The van der Waals surface area contributed by atoms with Gasteiger partial charge in [-0.1, -0.05) is 30.3 Å². The number of nitrogens with two attached hydrogens (primary N) is 1. The van der Waals surface area contributed by atoms with Crippen molar-refractivity contribution >= 4 is 0 Å². The highest BCUT2D eigenvalue weighted by atomic mass is 19.1. The maximum Gasteiger partial charge on any atom is 0.134 e. The van der Waals surface area contributed by atoms with Gasteiger partial charge in [-0.05, 0) is 36.7 Å². The molecule has 0 aliphatic carbocycles. The van der Waals surface area contributed by atoms with Gasteiger partial charge in [-0.2, -0.15) is 0 Å². The van der Waals surface area contributed by atoms with Crippen molar-refractivity contribution in [3.05, 3.63) is 59.7 Å². The lowest BCUT2D eigenvalue weighted by molar-refractivity contribution is 0.290. The molecule has 0 spiro atoms. The van der Waals surface area contributed by atoms with E-state index in [1.807, 2.05) is 4.90 Å². The first-order chi connectivity index (χ1) is 11.0. The molecule has 2 aromatic rings. The summed E-state index contributed by atoms with van der Waals surface area (Å²) in [5, 5.41) is 0. The van der Waals surface area contributed by atoms with E-state index in [1.54, 1.807) is 37.4 Å². The standard InChI is InChI=1S/C18H19F3N2/c1-23-10-15(20)18(22)16(23)9-12-5-3-7-14(17(12)21)11-4-2-6-13(19)8-11/h2-8,15-16,18H,9-10,22H2,1H3. The molecule has 0 amide bonds. The number of halogens is 3. The largest absolute Gasteiger partial charge is 0.324 e. The minimum Gasteiger partial charge on any atom is -0.324 e. The molecule has 1 aliphatic rings. The summed E-state index contributed by atoms with van der Waals surface area (Å²) in [6, 6.07) is 9.97. The molecule has 5 heteroatoms. The van der Waals surface area contributed by atoms with E-state index in [4.69, 9.17) is 5.73 Å². The zero-order valence-electron chi connectivity index (χ0n) is 12.8. The van der Waals surface area contributed by atoms with Crippen LogP contribution in [0.3, 0.4) is 0 Å². The van der Waals surface area contributed by atoms with E-state index >= 15 is 0 Å². The number of likely N-dealkylation sites (tertiary alicyclic amines) is 1. The third-order valence-electron chi connectivity index (χ3n) is 4.53. The van der Waals surface area contributed by atoms with Crippen molar-refractivity contribution in [1.29, 1.82) is 0 Å². The van der Waals surface area contributed by atoms with Crippen LogP contribution in [0.2, 0.25) is 0 Å². The van der Waals surface area contributed by atoms with Crippen LogP contribution in [0.15, 0.2) is 42.5 Å². The Bertz CT molecular complexity index is 704. The second-order valence-electron chi connectivity index (χ2n) is 6.09. The number of hydrogen-bond donors (Lipinski definition) is 1. The molecular weight excluding hydrogens is 301 g/mol. The molecule has 0 saturated carbocycles. The van der Waals surface area contributed by atoms with Crippen molar-refractivity contribution < 1.29 is 13.2 Å². The highest BCUT2D eigenvalue weighted by Gasteiger charge is 2.38. The minimum absolute atomic E-state index is 0.248. The van der Waals surface area contributed by atoms with E-state index in [0.717, 1.165) is 0 Å². The smallest absolute Gasteiger partial charge is 0.134 e. The Morgan fingerprint density at radius 1 is 1.17 bits per heavy atom. The Hall–Kier alpha value is -1.85. The number of benzene rings is 2. The van der Waals surface area contributed by atoms with Gasteiger partial charge in [-0.3, -0.25) is 4.90 Å². The molecule has 1 heterocycles. The maximum absolute atomic E-state index is 14.8. The van der Waals surface area contributed by atoms with Gasteiger partial charge in [0.2, 0.25) is 0 Å². The zero-order chi connectivity index (χ0) is 16.6. The molecule has 23 heavy (non-hydrogen) atoms. The molecule has 1 saturated heterocycles. The van der Waals surface area contributed by atoms with E-state index in [9.17, 15) is 13.2 Å². The molecule has 3 unspecified atom stereocenters. The Kier molecular flexibility index (Phi) is 4.41. The van der Waals surface area contributed by atoms with Gasteiger partial charge in [-0.25, -0.2) is 13.2 Å². The van der Waals surface area contributed by atoms with E-state index in [1.165, 1.54) is 12.1 Å². The number of alkyl halides is 1. The van der Waals surface area contributed by atoms with Crippen molar-refractivity contribution in [2.24, 2.45) is 5.73 Å². The summed E-state index contributed by atoms with van der Waals surface area (Å²) in [4.78, 5) is 1.82. The van der Waals surface area contributed by atoms with Crippen molar-refractivity contribution in [1.82, 2.24) is 4.90 Å². The first-order valence-electron chi connectivity index (χ1n) is 7.60. The Balaban J connectivity index is 1.91. The van der Waals surface area contributed by atoms with Crippen molar-refractivity contribution in [2.45, 2.75) is 24.7 Å². The minimum atomic E-state index is -1.10. The predicted molar refractivity (Wildman–Crippen MR) is 84.8 cm³/mol. The van der Waals surface area contributed by atoms with E-state index in [2.05, 4.69) is 0 Å². The first kappa shape index (κ1) is 16.0. The van der Waals surface area contributed by atoms with Gasteiger partial charge in [-0.15, -0.1) is 0 Å². The van der Waals surface area contributed by atoms with E-state index in [-0.39, 0.29) is 12.6 Å². The van der Waals surface area contributed by atoms with Crippen LogP contribution in [-0.2, 0) is 6.42 Å².